The zero-order valence-corrected chi connectivity index (χ0v) is 18.2. The number of amides is 1. The molecule has 0 saturated carbocycles. The van der Waals surface area contributed by atoms with Crippen LogP contribution in [0.5, 0.6) is 5.75 Å². The van der Waals surface area contributed by atoms with E-state index in [0.29, 0.717) is 27.8 Å². The van der Waals surface area contributed by atoms with Crippen molar-refractivity contribution in [2.24, 2.45) is 0 Å². The van der Waals surface area contributed by atoms with E-state index in [1.807, 2.05) is 30.3 Å². The molecule has 0 bridgehead atoms. The van der Waals surface area contributed by atoms with Gasteiger partial charge in [0.25, 0.3) is 5.56 Å². The van der Waals surface area contributed by atoms with E-state index in [4.69, 9.17) is 0 Å². The van der Waals surface area contributed by atoms with Crippen LogP contribution >= 0.6 is 0 Å². The number of nitrogens with one attached hydrogen (secondary N) is 1. The number of fused-ring (bicyclic) bond motifs is 1. The molecule has 0 fully saturated rings. The average Bonchev–Trinajstić information content (AvgIpc) is 3.23. The van der Waals surface area contributed by atoms with Gasteiger partial charge >= 0.3 is 6.36 Å². The maximum atomic E-state index is 13.1. The minimum atomic E-state index is -4.78. The van der Waals surface area contributed by atoms with Gasteiger partial charge in [-0.2, -0.15) is 10.2 Å². The van der Waals surface area contributed by atoms with E-state index in [1.165, 1.54) is 28.9 Å². The molecule has 4 rings (SSSR count). The van der Waals surface area contributed by atoms with Gasteiger partial charge in [-0.05, 0) is 43.7 Å². The predicted octanol–water partition coefficient (Wildman–Crippen LogP) is 3.67. The van der Waals surface area contributed by atoms with Crippen LogP contribution in [0.3, 0.4) is 0 Å². The largest absolute Gasteiger partial charge is 0.573 e. The summed E-state index contributed by atoms with van der Waals surface area (Å²) in [5, 5.41) is 11.9. The molecule has 1 N–H and O–H groups in total. The SMILES string of the molecule is Cc1nn(CC(=O)N[C@@H](C)c2ccc(OC(F)(F)F)cc2)c(=O)c2c1cnn2-c1ccccc1. The number of benzene rings is 2. The molecule has 2 heterocycles. The van der Waals surface area contributed by atoms with Crippen LogP contribution in [0.15, 0.2) is 65.6 Å². The van der Waals surface area contributed by atoms with E-state index in [1.54, 1.807) is 20.0 Å². The molecule has 0 unspecified atom stereocenters. The van der Waals surface area contributed by atoms with Gasteiger partial charge in [0.05, 0.1) is 23.6 Å². The highest BCUT2D eigenvalue weighted by atomic mass is 19.4. The Hall–Kier alpha value is -4.15. The molecule has 4 aromatic rings. The molecule has 176 valence electrons. The molecule has 0 aliphatic carbocycles. The van der Waals surface area contributed by atoms with Gasteiger partial charge in [-0.1, -0.05) is 30.3 Å². The second kappa shape index (κ2) is 9.00. The third kappa shape index (κ3) is 4.92. The van der Waals surface area contributed by atoms with Gasteiger partial charge in [0, 0.05) is 5.39 Å². The molecule has 34 heavy (non-hydrogen) atoms. The Morgan fingerprint density at radius 2 is 1.79 bits per heavy atom. The molecular weight excluding hydrogens is 451 g/mol. The lowest BCUT2D eigenvalue weighted by Gasteiger charge is -2.16. The quantitative estimate of drug-likeness (QED) is 0.464. The summed E-state index contributed by atoms with van der Waals surface area (Å²) >= 11 is 0. The van der Waals surface area contributed by atoms with Gasteiger partial charge in [-0.3, -0.25) is 9.59 Å². The second-order valence-electron chi connectivity index (χ2n) is 7.61. The Kier molecular flexibility index (Phi) is 6.10. The molecular formula is C23H20F3N5O3. The third-order valence-electron chi connectivity index (χ3n) is 5.15. The van der Waals surface area contributed by atoms with Crippen molar-refractivity contribution >= 4 is 16.8 Å². The van der Waals surface area contributed by atoms with E-state index in [-0.39, 0.29) is 12.3 Å². The van der Waals surface area contributed by atoms with Gasteiger partial charge in [0.1, 0.15) is 17.8 Å². The average molecular weight is 471 g/mol. The number of ether oxygens (including phenoxy) is 1. The fourth-order valence-corrected chi connectivity index (χ4v) is 3.56. The summed E-state index contributed by atoms with van der Waals surface area (Å²) in [5.74, 6) is -0.841. The van der Waals surface area contributed by atoms with Crippen LogP contribution < -0.4 is 15.6 Å². The normalized spacial score (nSPS) is 12.5. The van der Waals surface area contributed by atoms with Crippen LogP contribution in [0.1, 0.15) is 24.2 Å². The molecule has 0 spiro atoms. The molecule has 2 aromatic carbocycles. The first-order valence-electron chi connectivity index (χ1n) is 10.3. The van der Waals surface area contributed by atoms with Gasteiger partial charge in [0.15, 0.2) is 0 Å². The molecule has 11 heteroatoms. The van der Waals surface area contributed by atoms with Crippen molar-refractivity contribution in [1.29, 1.82) is 0 Å². The lowest BCUT2D eigenvalue weighted by atomic mass is 10.1. The topological polar surface area (TPSA) is 91.0 Å². The Balaban J connectivity index is 1.53. The minimum Gasteiger partial charge on any atom is -0.406 e. The summed E-state index contributed by atoms with van der Waals surface area (Å²) in [6.07, 6.45) is -3.22. The number of carbonyl (C=O) groups is 1. The molecule has 8 nitrogen and oxygen atoms in total. The number of nitrogens with zero attached hydrogens (tertiary/aromatic N) is 4. The van der Waals surface area contributed by atoms with Gasteiger partial charge in [0.2, 0.25) is 5.91 Å². The highest BCUT2D eigenvalue weighted by Crippen LogP contribution is 2.24. The molecule has 0 radical (unpaired) electrons. The number of hydrogen-bond acceptors (Lipinski definition) is 5. The fourth-order valence-electron chi connectivity index (χ4n) is 3.56. The van der Waals surface area contributed by atoms with E-state index in [9.17, 15) is 22.8 Å². The molecule has 2 aromatic heterocycles. The molecule has 0 aliphatic rings. The Morgan fingerprint density at radius 3 is 2.44 bits per heavy atom. The van der Waals surface area contributed by atoms with Gasteiger partial charge < -0.3 is 10.1 Å². The number of rotatable bonds is 6. The summed E-state index contributed by atoms with van der Waals surface area (Å²) in [6, 6.07) is 13.8. The number of hydrogen-bond donors (Lipinski definition) is 1. The monoisotopic (exact) mass is 471 g/mol. The Labute approximate surface area is 191 Å². The van der Waals surface area contributed by atoms with E-state index >= 15 is 0 Å². The first-order valence-corrected chi connectivity index (χ1v) is 10.3. The molecule has 0 saturated heterocycles. The van der Waals surface area contributed by atoms with E-state index in [0.717, 1.165) is 4.68 Å². The first-order chi connectivity index (χ1) is 16.1. The summed E-state index contributed by atoms with van der Waals surface area (Å²) < 4.78 is 43.4. The summed E-state index contributed by atoms with van der Waals surface area (Å²) in [7, 11) is 0. The maximum absolute atomic E-state index is 13.1. The van der Waals surface area contributed by atoms with Crippen molar-refractivity contribution in [3.8, 4) is 11.4 Å². The smallest absolute Gasteiger partial charge is 0.406 e. The van der Waals surface area contributed by atoms with E-state index in [2.05, 4.69) is 20.3 Å². The predicted molar refractivity (Wildman–Crippen MR) is 118 cm³/mol. The zero-order valence-electron chi connectivity index (χ0n) is 18.2. The number of halogens is 3. The van der Waals surface area contributed by atoms with Crippen LogP contribution in [0.4, 0.5) is 13.2 Å². The molecule has 0 aliphatic heterocycles. The third-order valence-corrected chi connectivity index (χ3v) is 5.15. The van der Waals surface area contributed by atoms with Crippen LogP contribution in [0.2, 0.25) is 0 Å². The highest BCUT2D eigenvalue weighted by molar-refractivity contribution is 5.82. The highest BCUT2D eigenvalue weighted by Gasteiger charge is 2.31. The second-order valence-corrected chi connectivity index (χ2v) is 7.61. The zero-order chi connectivity index (χ0) is 24.5. The number of alkyl halides is 3. The van der Waals surface area contributed by atoms with Crippen molar-refractivity contribution in [2.45, 2.75) is 32.8 Å². The van der Waals surface area contributed by atoms with Crippen molar-refractivity contribution in [3.63, 3.8) is 0 Å². The van der Waals surface area contributed by atoms with Crippen molar-refractivity contribution < 1.29 is 22.7 Å². The van der Waals surface area contributed by atoms with Gasteiger partial charge in [-0.15, -0.1) is 13.2 Å². The molecule has 1 amide bonds. The van der Waals surface area contributed by atoms with Crippen LogP contribution in [-0.2, 0) is 11.3 Å². The fraction of sp³-hybridized carbons (Fsp3) is 0.217. The summed E-state index contributed by atoms with van der Waals surface area (Å²) in [4.78, 5) is 25.8. The lowest BCUT2D eigenvalue weighted by molar-refractivity contribution is -0.274. The van der Waals surface area contributed by atoms with Crippen molar-refractivity contribution in [3.05, 3.63) is 82.4 Å². The molecule has 1 atom stereocenters. The van der Waals surface area contributed by atoms with Crippen molar-refractivity contribution in [1.82, 2.24) is 24.9 Å². The summed E-state index contributed by atoms with van der Waals surface area (Å²) in [6.45, 7) is 3.06. The number of para-hydroxylation sites is 1. The first kappa shape index (κ1) is 23.0. The number of aromatic nitrogens is 4. The van der Waals surface area contributed by atoms with Gasteiger partial charge in [-0.25, -0.2) is 9.36 Å². The number of carbonyl (C=O) groups excluding carboxylic acids is 1. The summed E-state index contributed by atoms with van der Waals surface area (Å²) in [5.41, 5.74) is 1.64. The Bertz CT molecular complexity index is 1380. The minimum absolute atomic E-state index is 0.305. The standard InChI is InChI=1S/C23H20F3N5O3/c1-14(16-8-10-18(11-9-16)34-23(24,25)26)28-20(32)13-30-22(33)21-19(15(2)29-30)12-27-31(21)17-6-4-3-5-7-17/h3-12,14H,13H2,1-2H3,(H,28,32)/t14-/m0/s1. The lowest BCUT2D eigenvalue weighted by Crippen LogP contribution is -2.35. The van der Waals surface area contributed by atoms with Crippen LogP contribution in [0, 0.1) is 6.92 Å². The van der Waals surface area contributed by atoms with E-state index < -0.39 is 23.9 Å². The van der Waals surface area contributed by atoms with Crippen LogP contribution in [0.25, 0.3) is 16.6 Å². The van der Waals surface area contributed by atoms with Crippen molar-refractivity contribution in [2.75, 3.05) is 0 Å². The van der Waals surface area contributed by atoms with Crippen LogP contribution in [-0.4, -0.2) is 31.8 Å². The maximum Gasteiger partial charge on any atom is 0.573 e. The number of aryl methyl sites for hydroxylation is 1. The Morgan fingerprint density at radius 1 is 1.12 bits per heavy atom.